The van der Waals surface area contributed by atoms with E-state index in [2.05, 4.69) is 11.0 Å². The summed E-state index contributed by atoms with van der Waals surface area (Å²) in [6.07, 6.45) is 11.1. The number of allylic oxidation sites excluding steroid dienone is 2. The van der Waals surface area contributed by atoms with Gasteiger partial charge in [-0.05, 0) is 31.3 Å². The van der Waals surface area contributed by atoms with Crippen LogP contribution < -0.4 is 5.73 Å². The first-order valence-electron chi connectivity index (χ1n) is 3.80. The van der Waals surface area contributed by atoms with Crippen LogP contribution in [0.5, 0.6) is 0 Å². The Bertz CT molecular complexity index is 230. The fraction of sp³-hybridized carbons (Fsp3) is 0.444. The van der Waals surface area contributed by atoms with Crippen LogP contribution in [0.2, 0.25) is 0 Å². The minimum Gasteiger partial charge on any atom is -0.402 e. The van der Waals surface area contributed by atoms with E-state index in [9.17, 15) is 0 Å². The van der Waals surface area contributed by atoms with Gasteiger partial charge < -0.3 is 5.73 Å². The predicted molar refractivity (Wildman–Crippen MR) is 47.0 cm³/mol. The van der Waals surface area contributed by atoms with Gasteiger partial charge in [0, 0.05) is 18.0 Å². The van der Waals surface area contributed by atoms with E-state index in [0.717, 1.165) is 24.1 Å². The lowest BCUT2D eigenvalue weighted by Gasteiger charge is -2.12. The van der Waals surface area contributed by atoms with Crippen molar-refractivity contribution >= 4 is 6.21 Å². The van der Waals surface area contributed by atoms with Crippen LogP contribution in [0.1, 0.15) is 25.7 Å². The van der Waals surface area contributed by atoms with E-state index in [1.54, 1.807) is 6.21 Å². The third kappa shape index (κ3) is 2.12. The van der Waals surface area contributed by atoms with Crippen molar-refractivity contribution in [3.63, 3.8) is 0 Å². The summed E-state index contributed by atoms with van der Waals surface area (Å²) in [4.78, 5) is 3.71. The van der Waals surface area contributed by atoms with Crippen molar-refractivity contribution < 1.29 is 0 Å². The summed E-state index contributed by atoms with van der Waals surface area (Å²) in [6, 6.07) is 2.22. The number of hydrogen-bond acceptors (Lipinski definition) is 2. The second kappa shape index (κ2) is 3.82. The zero-order valence-electron chi connectivity index (χ0n) is 6.51. The Balaban J connectivity index is 2.68. The largest absolute Gasteiger partial charge is 0.402 e. The molecule has 0 spiro atoms. The molecule has 0 heterocycles. The molecule has 2 N–H and O–H groups in total. The minimum absolute atomic E-state index is 0.954. The summed E-state index contributed by atoms with van der Waals surface area (Å²) in [5.41, 5.74) is 7.81. The zero-order valence-corrected chi connectivity index (χ0v) is 6.51. The van der Waals surface area contributed by atoms with E-state index < -0.39 is 0 Å². The van der Waals surface area contributed by atoms with Gasteiger partial charge in [0.25, 0.3) is 0 Å². The number of aliphatic imine (C=N–C) groups is 1. The van der Waals surface area contributed by atoms with Crippen LogP contribution in [0.4, 0.5) is 0 Å². The third-order valence-corrected chi connectivity index (χ3v) is 1.85. The van der Waals surface area contributed by atoms with Gasteiger partial charge in [0.1, 0.15) is 0 Å². The molecule has 0 saturated carbocycles. The summed E-state index contributed by atoms with van der Waals surface area (Å²) in [7, 11) is 0. The Hall–Kier alpha value is -1.23. The van der Waals surface area contributed by atoms with Crippen LogP contribution in [0.15, 0.2) is 16.3 Å². The normalized spacial score (nSPS) is 18.8. The Kier molecular flexibility index (Phi) is 2.74. The predicted octanol–water partition coefficient (Wildman–Crippen LogP) is 1.43. The van der Waals surface area contributed by atoms with E-state index in [0.29, 0.717) is 0 Å². The van der Waals surface area contributed by atoms with Gasteiger partial charge in [0.2, 0.25) is 0 Å². The number of hydrogen-bond donors (Lipinski definition) is 1. The van der Waals surface area contributed by atoms with Gasteiger partial charge in [0.15, 0.2) is 0 Å². The van der Waals surface area contributed by atoms with E-state index >= 15 is 0 Å². The summed E-state index contributed by atoms with van der Waals surface area (Å²) in [5.74, 6) is 0. The summed E-state index contributed by atoms with van der Waals surface area (Å²) < 4.78 is 0. The first kappa shape index (κ1) is 7.87. The smallest absolute Gasteiger partial charge is 0.0424 e. The third-order valence-electron chi connectivity index (χ3n) is 1.85. The molecule has 0 aromatic rings. The van der Waals surface area contributed by atoms with Gasteiger partial charge in [-0.2, -0.15) is 0 Å². The second-order valence-corrected chi connectivity index (χ2v) is 2.64. The van der Waals surface area contributed by atoms with Crippen LogP contribution in [0.25, 0.3) is 0 Å². The van der Waals surface area contributed by atoms with Crippen molar-refractivity contribution in [2.24, 2.45) is 10.7 Å². The summed E-state index contributed by atoms with van der Waals surface area (Å²) >= 11 is 0. The molecule has 0 atom stereocenters. The van der Waals surface area contributed by atoms with Crippen molar-refractivity contribution in [1.82, 2.24) is 0 Å². The van der Waals surface area contributed by atoms with Crippen molar-refractivity contribution in [2.45, 2.75) is 25.7 Å². The summed E-state index contributed by atoms with van der Waals surface area (Å²) in [5, 5.41) is 0. The van der Waals surface area contributed by atoms with Crippen LogP contribution in [-0.2, 0) is 0 Å². The van der Waals surface area contributed by atoms with Crippen molar-refractivity contribution in [2.75, 3.05) is 0 Å². The fourth-order valence-electron chi connectivity index (χ4n) is 1.21. The topological polar surface area (TPSA) is 38.4 Å². The first-order chi connectivity index (χ1) is 5.34. The van der Waals surface area contributed by atoms with Crippen molar-refractivity contribution in [3.8, 4) is 12.5 Å². The molecular weight excluding hydrogens is 136 g/mol. The Morgan fingerprint density at radius 3 is 2.82 bits per heavy atom. The van der Waals surface area contributed by atoms with Gasteiger partial charge in [-0.1, -0.05) is 6.42 Å². The van der Waals surface area contributed by atoms with Gasteiger partial charge in [-0.3, -0.25) is 0 Å². The molecule has 1 aliphatic carbocycles. The Labute approximate surface area is 67.2 Å². The highest BCUT2D eigenvalue weighted by molar-refractivity contribution is 5.80. The minimum atomic E-state index is 0.954. The maximum absolute atomic E-state index is 5.74. The standard InChI is InChI=1S/C9H12N2/c1-2-11-7-8-5-3-4-6-9(8)10/h1,7H,3-6,10H2. The number of rotatable bonds is 1. The SMILES string of the molecule is C#CN=CC1=C(N)CCCC1. The molecule has 58 valence electrons. The molecule has 0 aromatic carbocycles. The number of nitrogens with two attached hydrogens (primary N) is 1. The van der Waals surface area contributed by atoms with E-state index in [-0.39, 0.29) is 0 Å². The highest BCUT2D eigenvalue weighted by atomic mass is 14.7. The molecule has 1 rings (SSSR count). The van der Waals surface area contributed by atoms with E-state index in [1.165, 1.54) is 12.8 Å². The van der Waals surface area contributed by atoms with Gasteiger partial charge in [0.05, 0.1) is 0 Å². The van der Waals surface area contributed by atoms with Crippen LogP contribution >= 0.6 is 0 Å². The molecule has 2 nitrogen and oxygen atoms in total. The molecule has 0 unspecified atom stereocenters. The van der Waals surface area contributed by atoms with Crippen molar-refractivity contribution in [1.29, 1.82) is 0 Å². The Morgan fingerprint density at radius 1 is 1.45 bits per heavy atom. The molecule has 0 aromatic heterocycles. The lowest BCUT2D eigenvalue weighted by molar-refractivity contribution is 0.684. The lowest BCUT2D eigenvalue weighted by Crippen LogP contribution is -2.08. The van der Waals surface area contributed by atoms with Gasteiger partial charge >= 0.3 is 0 Å². The Morgan fingerprint density at radius 2 is 2.18 bits per heavy atom. The lowest BCUT2D eigenvalue weighted by atomic mass is 9.97. The highest BCUT2D eigenvalue weighted by Gasteiger charge is 2.06. The van der Waals surface area contributed by atoms with E-state index in [1.807, 2.05) is 0 Å². The molecule has 0 radical (unpaired) electrons. The maximum Gasteiger partial charge on any atom is 0.0424 e. The molecule has 0 bridgehead atoms. The number of terminal acetylenes is 1. The van der Waals surface area contributed by atoms with E-state index in [4.69, 9.17) is 12.2 Å². The zero-order chi connectivity index (χ0) is 8.10. The van der Waals surface area contributed by atoms with Gasteiger partial charge in [-0.25, -0.2) is 4.99 Å². The van der Waals surface area contributed by atoms with Crippen LogP contribution in [0, 0.1) is 12.5 Å². The highest BCUT2D eigenvalue weighted by Crippen LogP contribution is 2.19. The molecule has 0 fully saturated rings. The maximum atomic E-state index is 5.74. The molecule has 0 saturated heterocycles. The first-order valence-corrected chi connectivity index (χ1v) is 3.80. The van der Waals surface area contributed by atoms with Crippen molar-refractivity contribution in [3.05, 3.63) is 11.3 Å². The molecular formula is C9H12N2. The molecule has 0 amide bonds. The average Bonchev–Trinajstić information content (AvgIpc) is 2.03. The fourth-order valence-corrected chi connectivity index (χ4v) is 1.21. The molecule has 2 heteroatoms. The molecule has 11 heavy (non-hydrogen) atoms. The molecule has 1 aliphatic rings. The van der Waals surface area contributed by atoms with Gasteiger partial charge in [-0.15, -0.1) is 0 Å². The summed E-state index contributed by atoms with van der Waals surface area (Å²) in [6.45, 7) is 0. The number of nitrogens with zero attached hydrogens (tertiary/aromatic N) is 1. The quantitative estimate of drug-likeness (QED) is 0.443. The average molecular weight is 148 g/mol. The van der Waals surface area contributed by atoms with Crippen LogP contribution in [-0.4, -0.2) is 6.21 Å². The second-order valence-electron chi connectivity index (χ2n) is 2.64. The van der Waals surface area contributed by atoms with Crippen LogP contribution in [0.3, 0.4) is 0 Å². The molecule has 0 aliphatic heterocycles. The monoisotopic (exact) mass is 148 g/mol.